The van der Waals surface area contributed by atoms with Gasteiger partial charge in [-0.25, -0.2) is 0 Å². The lowest BCUT2D eigenvalue weighted by Gasteiger charge is -2.08. The van der Waals surface area contributed by atoms with Gasteiger partial charge in [0.15, 0.2) is 0 Å². The zero-order chi connectivity index (χ0) is 10.3. The first-order valence-electron chi connectivity index (χ1n) is 4.32. The van der Waals surface area contributed by atoms with Crippen molar-refractivity contribution < 1.29 is 19.4 Å². The Labute approximate surface area is 78.4 Å². The molecule has 1 atom stereocenters. The first-order chi connectivity index (χ1) is 5.98. The molecule has 0 aromatic heterocycles. The van der Waals surface area contributed by atoms with Crippen LogP contribution in [0.1, 0.15) is 26.2 Å². The number of aliphatic carboxylic acids is 1. The van der Waals surface area contributed by atoms with Gasteiger partial charge in [-0.05, 0) is 19.3 Å². The van der Waals surface area contributed by atoms with Gasteiger partial charge >= 0.3 is 5.97 Å². The maximum atomic E-state index is 11.2. The van der Waals surface area contributed by atoms with E-state index in [4.69, 9.17) is 5.11 Å². The normalized spacial score (nSPS) is 15.2. The van der Waals surface area contributed by atoms with Crippen LogP contribution in [0.5, 0.6) is 0 Å². The molecule has 0 bridgehead atoms. The monoisotopic (exact) mass is 207 g/mol. The molecule has 77 valence electrons. The third-order valence-corrected chi connectivity index (χ3v) is 3.52. The SMILES string of the molecule is CCCP(=O)(O)C[CH]CCC(=O)O. The average molecular weight is 207 g/mol. The Morgan fingerprint density at radius 3 is 2.62 bits per heavy atom. The van der Waals surface area contributed by atoms with Crippen LogP contribution in [0.15, 0.2) is 0 Å². The van der Waals surface area contributed by atoms with Gasteiger partial charge in [0.25, 0.3) is 0 Å². The van der Waals surface area contributed by atoms with E-state index in [0.717, 1.165) is 0 Å². The van der Waals surface area contributed by atoms with Crippen molar-refractivity contribution in [2.75, 3.05) is 12.3 Å². The van der Waals surface area contributed by atoms with Crippen molar-refractivity contribution in [1.29, 1.82) is 0 Å². The molecule has 0 aliphatic rings. The number of hydrogen-bond acceptors (Lipinski definition) is 2. The van der Waals surface area contributed by atoms with Gasteiger partial charge in [0.1, 0.15) is 0 Å². The van der Waals surface area contributed by atoms with E-state index in [-0.39, 0.29) is 12.6 Å². The highest BCUT2D eigenvalue weighted by Crippen LogP contribution is 2.41. The second-order valence-corrected chi connectivity index (χ2v) is 5.48. The van der Waals surface area contributed by atoms with E-state index in [1.54, 1.807) is 6.42 Å². The predicted molar refractivity (Wildman–Crippen MR) is 51.0 cm³/mol. The van der Waals surface area contributed by atoms with Crippen LogP contribution < -0.4 is 0 Å². The zero-order valence-electron chi connectivity index (χ0n) is 7.77. The number of unbranched alkanes of at least 4 members (excludes halogenated alkanes) is 1. The predicted octanol–water partition coefficient (Wildman–Crippen LogP) is 1.74. The van der Waals surface area contributed by atoms with Crippen LogP contribution in [0.3, 0.4) is 0 Å². The van der Waals surface area contributed by atoms with E-state index < -0.39 is 13.3 Å². The van der Waals surface area contributed by atoms with Crippen molar-refractivity contribution in [2.24, 2.45) is 0 Å². The van der Waals surface area contributed by atoms with E-state index in [1.807, 2.05) is 6.92 Å². The Hall–Kier alpha value is -0.340. The maximum absolute atomic E-state index is 11.2. The molecule has 0 saturated carbocycles. The molecule has 0 spiro atoms. The Morgan fingerprint density at radius 2 is 2.15 bits per heavy atom. The van der Waals surface area contributed by atoms with Crippen molar-refractivity contribution in [3.63, 3.8) is 0 Å². The molecule has 5 heteroatoms. The summed E-state index contributed by atoms with van der Waals surface area (Å²) in [6.07, 6.45) is 3.12. The van der Waals surface area contributed by atoms with Crippen molar-refractivity contribution in [2.45, 2.75) is 26.2 Å². The average Bonchev–Trinajstić information content (AvgIpc) is 1.98. The van der Waals surface area contributed by atoms with Crippen molar-refractivity contribution in [3.8, 4) is 0 Å². The van der Waals surface area contributed by atoms with Gasteiger partial charge < -0.3 is 10.00 Å². The Bertz CT molecular complexity index is 202. The van der Waals surface area contributed by atoms with Gasteiger partial charge in [-0.1, -0.05) is 6.92 Å². The lowest BCUT2D eigenvalue weighted by molar-refractivity contribution is -0.136. The maximum Gasteiger partial charge on any atom is 0.303 e. The number of carboxylic acid groups (broad SMARTS) is 1. The number of rotatable bonds is 7. The molecule has 0 saturated heterocycles. The number of carboxylic acids is 1. The van der Waals surface area contributed by atoms with Crippen LogP contribution in [0.4, 0.5) is 0 Å². The Balaban J connectivity index is 3.52. The molecule has 1 radical (unpaired) electrons. The molecule has 0 aliphatic carbocycles. The lowest BCUT2D eigenvalue weighted by Crippen LogP contribution is -1.98. The topological polar surface area (TPSA) is 74.6 Å². The van der Waals surface area contributed by atoms with Gasteiger partial charge in [-0.2, -0.15) is 0 Å². The molecule has 4 nitrogen and oxygen atoms in total. The first-order valence-corrected chi connectivity index (χ1v) is 6.35. The van der Waals surface area contributed by atoms with E-state index in [1.165, 1.54) is 0 Å². The van der Waals surface area contributed by atoms with Crippen LogP contribution in [-0.4, -0.2) is 28.3 Å². The second-order valence-electron chi connectivity index (χ2n) is 2.97. The van der Waals surface area contributed by atoms with E-state index in [0.29, 0.717) is 19.0 Å². The summed E-state index contributed by atoms with van der Waals surface area (Å²) in [7, 11) is -3.00. The summed E-state index contributed by atoms with van der Waals surface area (Å²) in [5.41, 5.74) is 0. The summed E-state index contributed by atoms with van der Waals surface area (Å²) in [5.74, 6) is -0.875. The molecule has 0 aromatic carbocycles. The molecule has 0 fully saturated rings. The smallest absolute Gasteiger partial charge is 0.303 e. The van der Waals surface area contributed by atoms with Crippen molar-refractivity contribution in [3.05, 3.63) is 6.42 Å². The number of carbonyl (C=O) groups is 1. The van der Waals surface area contributed by atoms with Crippen LogP contribution in [0.2, 0.25) is 0 Å². The van der Waals surface area contributed by atoms with Gasteiger partial charge in [-0.15, -0.1) is 0 Å². The first kappa shape index (κ1) is 12.7. The van der Waals surface area contributed by atoms with Gasteiger partial charge in [0, 0.05) is 18.7 Å². The van der Waals surface area contributed by atoms with E-state index in [9.17, 15) is 14.3 Å². The lowest BCUT2D eigenvalue weighted by atomic mass is 10.2. The summed E-state index contributed by atoms with van der Waals surface area (Å²) < 4.78 is 11.2. The summed E-state index contributed by atoms with van der Waals surface area (Å²) in [6.45, 7) is 1.85. The fourth-order valence-electron chi connectivity index (χ4n) is 0.959. The summed E-state index contributed by atoms with van der Waals surface area (Å²) >= 11 is 0. The molecule has 0 heterocycles. The summed E-state index contributed by atoms with van der Waals surface area (Å²) in [4.78, 5) is 19.4. The third kappa shape index (κ3) is 8.00. The minimum Gasteiger partial charge on any atom is -0.481 e. The molecule has 2 N–H and O–H groups in total. The van der Waals surface area contributed by atoms with E-state index >= 15 is 0 Å². The highest BCUT2D eigenvalue weighted by atomic mass is 31.2. The molecule has 0 aromatic rings. The summed E-state index contributed by atoms with van der Waals surface area (Å²) in [5, 5.41) is 8.29. The van der Waals surface area contributed by atoms with Gasteiger partial charge in [0.05, 0.1) is 0 Å². The minimum atomic E-state index is -3.00. The summed E-state index contributed by atoms with van der Waals surface area (Å²) in [6, 6.07) is 0. The van der Waals surface area contributed by atoms with Crippen LogP contribution >= 0.6 is 7.37 Å². The number of hydrogen-bond donors (Lipinski definition) is 2. The highest BCUT2D eigenvalue weighted by Gasteiger charge is 2.15. The quantitative estimate of drug-likeness (QED) is 0.492. The van der Waals surface area contributed by atoms with Crippen LogP contribution in [0.25, 0.3) is 0 Å². The molecule has 13 heavy (non-hydrogen) atoms. The molecule has 1 unspecified atom stereocenters. The van der Waals surface area contributed by atoms with Gasteiger partial charge in [-0.3, -0.25) is 9.36 Å². The van der Waals surface area contributed by atoms with Crippen LogP contribution in [-0.2, 0) is 9.36 Å². The molecular formula is C8H16O4P. The largest absolute Gasteiger partial charge is 0.481 e. The second kappa shape index (κ2) is 6.17. The molecular weight excluding hydrogens is 191 g/mol. The Kier molecular flexibility index (Phi) is 6.00. The Morgan fingerprint density at radius 1 is 1.54 bits per heavy atom. The van der Waals surface area contributed by atoms with Crippen molar-refractivity contribution in [1.82, 2.24) is 0 Å². The fraction of sp³-hybridized carbons (Fsp3) is 0.750. The standard InChI is InChI=1S/C8H16O4P/c1-2-6-13(11,12)7-4-3-5-8(9)10/h4H,2-3,5-7H2,1H3,(H,9,10)(H,11,12). The minimum absolute atomic E-state index is 0.0339. The molecule has 0 aliphatic heterocycles. The zero-order valence-corrected chi connectivity index (χ0v) is 8.67. The van der Waals surface area contributed by atoms with Gasteiger partial charge in [0.2, 0.25) is 7.37 Å². The van der Waals surface area contributed by atoms with Crippen LogP contribution in [0, 0.1) is 6.42 Å². The molecule has 0 amide bonds. The van der Waals surface area contributed by atoms with E-state index in [2.05, 4.69) is 0 Å². The third-order valence-electron chi connectivity index (χ3n) is 1.55. The fourth-order valence-corrected chi connectivity index (χ4v) is 2.43. The van der Waals surface area contributed by atoms with Crippen molar-refractivity contribution >= 4 is 13.3 Å². The highest BCUT2D eigenvalue weighted by molar-refractivity contribution is 7.58. The molecule has 0 rings (SSSR count).